The molecule has 1 atom stereocenters. The van der Waals surface area contributed by atoms with Gasteiger partial charge in [0.25, 0.3) is 0 Å². The average Bonchev–Trinajstić information content (AvgIpc) is 2.29. The number of ether oxygens (including phenoxy) is 1. The first-order chi connectivity index (χ1) is 7.27. The average molecular weight is 209 g/mol. The fourth-order valence-corrected chi connectivity index (χ4v) is 1.35. The summed E-state index contributed by atoms with van der Waals surface area (Å²) in [6.07, 6.45) is 1.64. The molecule has 0 spiro atoms. The van der Waals surface area contributed by atoms with Gasteiger partial charge in [-0.3, -0.25) is 0 Å². The van der Waals surface area contributed by atoms with Crippen molar-refractivity contribution in [1.82, 2.24) is 0 Å². The Morgan fingerprint density at radius 2 is 2.13 bits per heavy atom. The number of hydrogen-bond acceptors (Lipinski definition) is 3. The number of aryl methyl sites for hydroxylation is 1. The predicted molar refractivity (Wildman–Crippen MR) is 61.0 cm³/mol. The Hall–Kier alpha value is -1.06. The Morgan fingerprint density at radius 1 is 1.40 bits per heavy atom. The van der Waals surface area contributed by atoms with E-state index in [0.717, 1.165) is 12.2 Å². The highest BCUT2D eigenvalue weighted by Gasteiger charge is 2.03. The fourth-order valence-electron chi connectivity index (χ4n) is 1.35. The van der Waals surface area contributed by atoms with E-state index in [1.54, 1.807) is 0 Å². The second-order valence-electron chi connectivity index (χ2n) is 3.54. The van der Waals surface area contributed by atoms with Gasteiger partial charge in [-0.25, -0.2) is 0 Å². The lowest BCUT2D eigenvalue weighted by Crippen LogP contribution is -2.26. The Balaban J connectivity index is 2.43. The van der Waals surface area contributed by atoms with Crippen LogP contribution in [0.25, 0.3) is 0 Å². The first-order valence-corrected chi connectivity index (χ1v) is 5.35. The smallest absolute Gasteiger partial charge is 0.122 e. The van der Waals surface area contributed by atoms with E-state index in [2.05, 4.69) is 13.0 Å². The maximum atomic E-state index is 8.75. The van der Waals surface area contributed by atoms with E-state index in [1.165, 1.54) is 5.56 Å². The van der Waals surface area contributed by atoms with Crippen LogP contribution >= 0.6 is 0 Å². The number of aliphatic hydroxyl groups is 1. The van der Waals surface area contributed by atoms with Crippen LogP contribution in [0.3, 0.4) is 0 Å². The standard InChI is InChI=1S/C12H19NO2/c1-2-10-5-3-4-6-12(10)15-8-7-11(13)9-14/h3-6,11,14H,2,7-9,13H2,1H3. The van der Waals surface area contributed by atoms with Crippen LogP contribution in [-0.2, 0) is 6.42 Å². The second-order valence-corrected chi connectivity index (χ2v) is 3.54. The predicted octanol–water partition coefficient (Wildman–Crippen LogP) is 1.34. The van der Waals surface area contributed by atoms with Crippen LogP contribution in [0.1, 0.15) is 18.9 Å². The molecule has 1 unspecified atom stereocenters. The SMILES string of the molecule is CCc1ccccc1OCCC(N)CO. The van der Waals surface area contributed by atoms with E-state index >= 15 is 0 Å². The zero-order valence-electron chi connectivity index (χ0n) is 9.15. The molecule has 0 aliphatic rings. The largest absolute Gasteiger partial charge is 0.493 e. The Kier molecular flexibility index (Phi) is 5.15. The van der Waals surface area contributed by atoms with Crippen molar-refractivity contribution in [3.05, 3.63) is 29.8 Å². The lowest BCUT2D eigenvalue weighted by atomic mass is 10.1. The number of rotatable bonds is 6. The van der Waals surface area contributed by atoms with E-state index in [0.29, 0.717) is 13.0 Å². The van der Waals surface area contributed by atoms with Gasteiger partial charge in [0, 0.05) is 6.04 Å². The number of para-hydroxylation sites is 1. The third-order valence-electron chi connectivity index (χ3n) is 2.33. The van der Waals surface area contributed by atoms with Gasteiger partial charge < -0.3 is 15.6 Å². The van der Waals surface area contributed by atoms with Crippen LogP contribution in [0.15, 0.2) is 24.3 Å². The molecule has 0 bridgehead atoms. The lowest BCUT2D eigenvalue weighted by Gasteiger charge is -2.12. The minimum Gasteiger partial charge on any atom is -0.493 e. The van der Waals surface area contributed by atoms with Gasteiger partial charge in [0.1, 0.15) is 5.75 Å². The van der Waals surface area contributed by atoms with Gasteiger partial charge in [0.15, 0.2) is 0 Å². The van der Waals surface area contributed by atoms with Gasteiger partial charge in [0.2, 0.25) is 0 Å². The fraction of sp³-hybridized carbons (Fsp3) is 0.500. The zero-order valence-corrected chi connectivity index (χ0v) is 9.15. The third-order valence-corrected chi connectivity index (χ3v) is 2.33. The quantitative estimate of drug-likeness (QED) is 0.743. The molecule has 1 aromatic carbocycles. The summed E-state index contributed by atoms with van der Waals surface area (Å²) in [5.74, 6) is 0.921. The number of aliphatic hydroxyl groups excluding tert-OH is 1. The first-order valence-electron chi connectivity index (χ1n) is 5.35. The van der Waals surface area contributed by atoms with E-state index in [-0.39, 0.29) is 12.6 Å². The van der Waals surface area contributed by atoms with Crippen LogP contribution in [0, 0.1) is 0 Å². The van der Waals surface area contributed by atoms with Crippen molar-refractivity contribution in [1.29, 1.82) is 0 Å². The number of nitrogens with two attached hydrogens (primary N) is 1. The van der Waals surface area contributed by atoms with Crippen molar-refractivity contribution in [2.45, 2.75) is 25.8 Å². The summed E-state index contributed by atoms with van der Waals surface area (Å²) in [6, 6.07) is 7.80. The minimum absolute atomic E-state index is 0.0127. The highest BCUT2D eigenvalue weighted by Crippen LogP contribution is 2.18. The molecule has 1 aromatic rings. The molecule has 0 saturated carbocycles. The molecule has 0 aliphatic heterocycles. The summed E-state index contributed by atoms with van der Waals surface area (Å²) < 4.78 is 5.61. The van der Waals surface area contributed by atoms with Gasteiger partial charge in [-0.15, -0.1) is 0 Å². The first kappa shape index (κ1) is 12.0. The molecular weight excluding hydrogens is 190 g/mol. The lowest BCUT2D eigenvalue weighted by molar-refractivity contribution is 0.229. The van der Waals surface area contributed by atoms with E-state index in [4.69, 9.17) is 15.6 Å². The molecule has 0 radical (unpaired) electrons. The van der Waals surface area contributed by atoms with Crippen molar-refractivity contribution in [2.75, 3.05) is 13.2 Å². The summed E-state index contributed by atoms with van der Waals surface area (Å²) in [5.41, 5.74) is 6.78. The molecule has 1 rings (SSSR count). The van der Waals surface area contributed by atoms with Gasteiger partial charge in [0.05, 0.1) is 13.2 Å². The molecule has 0 saturated heterocycles. The van der Waals surface area contributed by atoms with Gasteiger partial charge in [-0.1, -0.05) is 25.1 Å². The van der Waals surface area contributed by atoms with E-state index in [1.807, 2.05) is 18.2 Å². The molecule has 84 valence electrons. The molecule has 15 heavy (non-hydrogen) atoms. The maximum absolute atomic E-state index is 8.75. The van der Waals surface area contributed by atoms with Crippen LogP contribution in [-0.4, -0.2) is 24.4 Å². The Morgan fingerprint density at radius 3 is 2.80 bits per heavy atom. The summed E-state index contributed by atoms with van der Waals surface area (Å²) in [5, 5.41) is 8.75. The number of hydrogen-bond donors (Lipinski definition) is 2. The van der Waals surface area contributed by atoms with Crippen LogP contribution in [0.4, 0.5) is 0 Å². The van der Waals surface area contributed by atoms with Crippen LogP contribution < -0.4 is 10.5 Å². The summed E-state index contributed by atoms with van der Waals surface area (Å²) in [7, 11) is 0. The Labute approximate surface area is 90.9 Å². The van der Waals surface area contributed by atoms with Crippen LogP contribution in [0.5, 0.6) is 5.75 Å². The molecule has 0 heterocycles. The highest BCUT2D eigenvalue weighted by molar-refractivity contribution is 5.33. The van der Waals surface area contributed by atoms with Crippen molar-refractivity contribution in [3.8, 4) is 5.75 Å². The van der Waals surface area contributed by atoms with Gasteiger partial charge in [-0.2, -0.15) is 0 Å². The normalized spacial score (nSPS) is 12.5. The molecular formula is C12H19NO2. The molecule has 3 nitrogen and oxygen atoms in total. The molecule has 3 heteroatoms. The van der Waals surface area contributed by atoms with Crippen molar-refractivity contribution >= 4 is 0 Å². The van der Waals surface area contributed by atoms with Crippen molar-refractivity contribution in [3.63, 3.8) is 0 Å². The minimum atomic E-state index is -0.182. The summed E-state index contributed by atoms with van der Waals surface area (Å²) in [4.78, 5) is 0. The summed E-state index contributed by atoms with van der Waals surface area (Å²) in [6.45, 7) is 2.67. The Bertz CT molecular complexity index is 289. The molecule has 0 aliphatic carbocycles. The molecule has 0 amide bonds. The monoisotopic (exact) mass is 209 g/mol. The summed E-state index contributed by atoms with van der Waals surface area (Å²) >= 11 is 0. The molecule has 0 fully saturated rings. The second kappa shape index (κ2) is 6.43. The van der Waals surface area contributed by atoms with Gasteiger partial charge >= 0.3 is 0 Å². The number of benzene rings is 1. The van der Waals surface area contributed by atoms with Crippen molar-refractivity contribution in [2.24, 2.45) is 5.73 Å². The van der Waals surface area contributed by atoms with Crippen molar-refractivity contribution < 1.29 is 9.84 Å². The third kappa shape index (κ3) is 3.90. The maximum Gasteiger partial charge on any atom is 0.122 e. The van der Waals surface area contributed by atoms with Gasteiger partial charge in [-0.05, 0) is 24.5 Å². The zero-order chi connectivity index (χ0) is 11.1. The molecule has 0 aromatic heterocycles. The highest BCUT2D eigenvalue weighted by atomic mass is 16.5. The van der Waals surface area contributed by atoms with Crippen LogP contribution in [0.2, 0.25) is 0 Å². The van der Waals surface area contributed by atoms with E-state index < -0.39 is 0 Å². The van der Waals surface area contributed by atoms with E-state index in [9.17, 15) is 0 Å². The topological polar surface area (TPSA) is 55.5 Å². The molecule has 3 N–H and O–H groups in total.